The topological polar surface area (TPSA) is 98.5 Å². The summed E-state index contributed by atoms with van der Waals surface area (Å²) in [5.74, 6) is 0. The maximum absolute atomic E-state index is 10.9. The van der Waals surface area contributed by atoms with Crippen LogP contribution in [0.2, 0.25) is 5.02 Å². The van der Waals surface area contributed by atoms with Crippen molar-refractivity contribution in [3.63, 3.8) is 0 Å². The third-order valence-electron chi connectivity index (χ3n) is 2.08. The average molecular weight is 309 g/mol. The number of hydrogen-bond acceptors (Lipinski definition) is 6. The van der Waals surface area contributed by atoms with Crippen LogP contribution in [-0.2, 0) is 14.3 Å². The van der Waals surface area contributed by atoms with E-state index in [2.05, 4.69) is 5.32 Å². The average Bonchev–Trinajstić information content (AvgIpc) is 2.24. The number of nitrogens with zero attached hydrogens (tertiary/aromatic N) is 1. The van der Waals surface area contributed by atoms with E-state index < -0.39 is 21.1 Å². The summed E-state index contributed by atoms with van der Waals surface area (Å²) in [7, 11) is -3.56. The van der Waals surface area contributed by atoms with Crippen molar-refractivity contribution in [2.75, 3.05) is 18.1 Å². The molecule has 0 spiro atoms. The quantitative estimate of drug-likeness (QED) is 0.490. The summed E-state index contributed by atoms with van der Waals surface area (Å²) in [4.78, 5) is 10.3. The molecule has 0 saturated heterocycles. The van der Waals surface area contributed by atoms with Crippen molar-refractivity contribution in [2.45, 2.75) is 13.0 Å². The molecule has 1 rings (SSSR count). The first-order chi connectivity index (χ1) is 8.69. The number of benzene rings is 1. The number of hydrogen-bond donors (Lipinski definition) is 1. The number of nitro groups is 1. The molecule has 0 fully saturated rings. The monoisotopic (exact) mass is 308 g/mol. The van der Waals surface area contributed by atoms with Crippen LogP contribution in [0.5, 0.6) is 0 Å². The van der Waals surface area contributed by atoms with Crippen molar-refractivity contribution >= 4 is 33.1 Å². The molecular weight excluding hydrogens is 296 g/mol. The second kappa shape index (κ2) is 6.18. The highest BCUT2D eigenvalue weighted by Crippen LogP contribution is 2.27. The van der Waals surface area contributed by atoms with Crippen LogP contribution in [0.1, 0.15) is 6.92 Å². The van der Waals surface area contributed by atoms with Crippen molar-refractivity contribution in [1.29, 1.82) is 0 Å². The summed E-state index contributed by atoms with van der Waals surface area (Å²) in [5.41, 5.74) is 0.0670. The third kappa shape index (κ3) is 5.41. The van der Waals surface area contributed by atoms with Gasteiger partial charge < -0.3 is 5.32 Å². The molecule has 1 atom stereocenters. The Labute approximate surface area is 115 Å². The molecule has 106 valence electrons. The smallest absolute Gasteiger partial charge is 0.293 e. The minimum atomic E-state index is -3.56. The molecular formula is C10H13ClN2O5S. The predicted molar refractivity (Wildman–Crippen MR) is 72.0 cm³/mol. The SMILES string of the molecule is CC(CNc1ccc(Cl)cc1[N+](=O)[O-])OS(C)(=O)=O. The third-order valence-corrected chi connectivity index (χ3v) is 2.99. The highest BCUT2D eigenvalue weighted by Gasteiger charge is 2.16. The van der Waals surface area contributed by atoms with Crippen LogP contribution >= 0.6 is 11.6 Å². The van der Waals surface area contributed by atoms with Crippen molar-refractivity contribution in [2.24, 2.45) is 0 Å². The highest BCUT2D eigenvalue weighted by molar-refractivity contribution is 7.86. The zero-order valence-electron chi connectivity index (χ0n) is 10.3. The molecule has 1 unspecified atom stereocenters. The Bertz CT molecular complexity index is 575. The summed E-state index contributed by atoms with van der Waals surface area (Å²) in [5, 5.41) is 13.8. The normalized spacial score (nSPS) is 13.0. The maximum atomic E-state index is 10.9. The minimum Gasteiger partial charge on any atom is -0.377 e. The molecule has 0 aliphatic heterocycles. The van der Waals surface area contributed by atoms with Crippen LogP contribution in [0.3, 0.4) is 0 Å². The summed E-state index contributed by atoms with van der Waals surface area (Å²) < 4.78 is 26.5. The van der Waals surface area contributed by atoms with E-state index in [1.54, 1.807) is 0 Å². The molecule has 1 aromatic rings. The molecule has 0 amide bonds. The fourth-order valence-corrected chi connectivity index (χ4v) is 2.22. The van der Waals surface area contributed by atoms with Crippen molar-refractivity contribution in [1.82, 2.24) is 0 Å². The number of halogens is 1. The van der Waals surface area contributed by atoms with E-state index in [0.717, 1.165) is 6.26 Å². The van der Waals surface area contributed by atoms with E-state index in [1.165, 1.54) is 25.1 Å². The Morgan fingerprint density at radius 1 is 1.53 bits per heavy atom. The lowest BCUT2D eigenvalue weighted by molar-refractivity contribution is -0.383. The van der Waals surface area contributed by atoms with E-state index >= 15 is 0 Å². The molecule has 0 aliphatic rings. The zero-order valence-corrected chi connectivity index (χ0v) is 11.9. The molecule has 7 nitrogen and oxygen atoms in total. The maximum Gasteiger partial charge on any atom is 0.293 e. The summed E-state index contributed by atoms with van der Waals surface area (Å²) in [6.45, 7) is 1.64. The van der Waals surface area contributed by atoms with Crippen LogP contribution in [0.25, 0.3) is 0 Å². The van der Waals surface area contributed by atoms with Crippen molar-refractivity contribution in [3.8, 4) is 0 Å². The second-order valence-electron chi connectivity index (χ2n) is 3.91. The first-order valence-corrected chi connectivity index (χ1v) is 7.44. The number of rotatable bonds is 6. The summed E-state index contributed by atoms with van der Waals surface area (Å²) in [6, 6.07) is 4.17. The van der Waals surface area contributed by atoms with Gasteiger partial charge in [0, 0.05) is 17.6 Å². The molecule has 0 aromatic heterocycles. The van der Waals surface area contributed by atoms with E-state index in [0.29, 0.717) is 0 Å². The minimum absolute atomic E-state index is 0.107. The van der Waals surface area contributed by atoms with Crippen molar-refractivity contribution in [3.05, 3.63) is 33.3 Å². The number of nitro benzene ring substituents is 1. The highest BCUT2D eigenvalue weighted by atomic mass is 35.5. The standard InChI is InChI=1S/C10H13ClN2O5S/c1-7(18-19(2,16)17)6-12-9-4-3-8(11)5-10(9)13(14)15/h3-5,7,12H,6H2,1-2H3. The number of nitrogens with one attached hydrogen (secondary N) is 1. The van der Waals surface area contributed by atoms with Gasteiger partial charge in [-0.05, 0) is 19.1 Å². The van der Waals surface area contributed by atoms with E-state index in [1.807, 2.05) is 0 Å². The fraction of sp³-hybridized carbons (Fsp3) is 0.400. The second-order valence-corrected chi connectivity index (χ2v) is 5.95. The van der Waals surface area contributed by atoms with Gasteiger partial charge in [-0.3, -0.25) is 14.3 Å². The molecule has 1 aromatic carbocycles. The Morgan fingerprint density at radius 3 is 2.68 bits per heavy atom. The van der Waals surface area contributed by atoms with Gasteiger partial charge in [-0.25, -0.2) is 0 Å². The van der Waals surface area contributed by atoms with Gasteiger partial charge in [-0.2, -0.15) is 8.42 Å². The summed E-state index contributed by atoms with van der Waals surface area (Å²) in [6.07, 6.45) is 0.291. The summed E-state index contributed by atoms with van der Waals surface area (Å²) >= 11 is 5.67. The lowest BCUT2D eigenvalue weighted by Crippen LogP contribution is -2.23. The van der Waals surface area contributed by atoms with Gasteiger partial charge in [0.1, 0.15) is 5.69 Å². The molecule has 19 heavy (non-hydrogen) atoms. The molecule has 1 N–H and O–H groups in total. The lowest BCUT2D eigenvalue weighted by Gasteiger charge is -2.13. The predicted octanol–water partition coefficient (Wildman–Crippen LogP) is 2.02. The van der Waals surface area contributed by atoms with Crippen LogP contribution in [-0.4, -0.2) is 32.2 Å². The van der Waals surface area contributed by atoms with Crippen molar-refractivity contribution < 1.29 is 17.5 Å². The zero-order chi connectivity index (χ0) is 14.6. The van der Waals surface area contributed by atoms with Crippen LogP contribution < -0.4 is 5.32 Å². The van der Waals surface area contributed by atoms with E-state index in [-0.39, 0.29) is 22.9 Å². The van der Waals surface area contributed by atoms with Gasteiger partial charge in [-0.15, -0.1) is 0 Å². The molecule has 0 heterocycles. The Balaban J connectivity index is 2.75. The Kier molecular flexibility index (Phi) is 5.10. The first kappa shape index (κ1) is 15.7. The van der Waals surface area contributed by atoms with Crippen LogP contribution in [0.15, 0.2) is 18.2 Å². The van der Waals surface area contributed by atoms with Gasteiger partial charge >= 0.3 is 0 Å². The van der Waals surface area contributed by atoms with E-state index in [9.17, 15) is 18.5 Å². The fourth-order valence-electron chi connectivity index (χ4n) is 1.39. The van der Waals surface area contributed by atoms with Gasteiger partial charge in [0.15, 0.2) is 0 Å². The largest absolute Gasteiger partial charge is 0.377 e. The molecule has 0 radical (unpaired) electrons. The lowest BCUT2D eigenvalue weighted by atomic mass is 10.2. The van der Waals surface area contributed by atoms with E-state index in [4.69, 9.17) is 15.8 Å². The van der Waals surface area contributed by atoms with Gasteiger partial charge in [0.25, 0.3) is 15.8 Å². The molecule has 9 heteroatoms. The van der Waals surface area contributed by atoms with Gasteiger partial charge in [0.05, 0.1) is 17.3 Å². The van der Waals surface area contributed by atoms with Crippen LogP contribution in [0.4, 0.5) is 11.4 Å². The van der Waals surface area contributed by atoms with Gasteiger partial charge in [0.2, 0.25) is 0 Å². The van der Waals surface area contributed by atoms with Crippen LogP contribution in [0, 0.1) is 10.1 Å². The Hall–Kier alpha value is -1.38. The Morgan fingerprint density at radius 2 is 2.16 bits per heavy atom. The molecule has 0 saturated carbocycles. The number of anilines is 1. The molecule has 0 bridgehead atoms. The first-order valence-electron chi connectivity index (χ1n) is 5.25. The van der Waals surface area contributed by atoms with Gasteiger partial charge in [-0.1, -0.05) is 11.6 Å². The molecule has 0 aliphatic carbocycles.